The van der Waals surface area contributed by atoms with Crippen molar-refractivity contribution in [3.05, 3.63) is 11.9 Å². The lowest BCUT2D eigenvalue weighted by Crippen LogP contribution is -2.16. The Balaban J connectivity index is 3.51. The Morgan fingerprint density at radius 2 is 2.07 bits per heavy atom. The summed E-state index contributed by atoms with van der Waals surface area (Å²) in [6, 6.07) is -0.275. The molecule has 0 aromatic carbocycles. The van der Waals surface area contributed by atoms with Crippen LogP contribution in [0.4, 0.5) is 0 Å². The van der Waals surface area contributed by atoms with Gasteiger partial charge in [-0.15, -0.1) is 0 Å². The van der Waals surface area contributed by atoms with Gasteiger partial charge < -0.3 is 9.67 Å². The molecule has 0 aliphatic heterocycles. The van der Waals surface area contributed by atoms with Crippen LogP contribution in [0.3, 0.4) is 0 Å². The highest BCUT2D eigenvalue weighted by atomic mass is 32.2. The molecule has 0 spiro atoms. The predicted octanol–water partition coefficient (Wildman–Crippen LogP) is 0.566. The molecule has 0 unspecified atom stereocenters. The number of imidazole rings is 1. The van der Waals surface area contributed by atoms with Gasteiger partial charge in [0, 0.05) is 12.3 Å². The van der Waals surface area contributed by atoms with Crippen LogP contribution in [0.1, 0.15) is 30.4 Å². The highest BCUT2D eigenvalue weighted by molar-refractivity contribution is 7.90. The molecule has 0 bridgehead atoms. The third-order valence-electron chi connectivity index (χ3n) is 1.83. The molecular formula is C8H12N2O4S. The van der Waals surface area contributed by atoms with Crippen molar-refractivity contribution in [1.82, 2.24) is 9.55 Å². The number of carbonyl (C=O) groups is 1. The molecule has 84 valence electrons. The fourth-order valence-corrected chi connectivity index (χ4v) is 2.19. The summed E-state index contributed by atoms with van der Waals surface area (Å²) in [5.41, 5.74) is -0.120. The number of hydrogen-bond donors (Lipinski definition) is 1. The van der Waals surface area contributed by atoms with E-state index in [-0.39, 0.29) is 16.9 Å². The average molecular weight is 232 g/mol. The van der Waals surface area contributed by atoms with Gasteiger partial charge in [0.25, 0.3) is 0 Å². The molecule has 1 aromatic heterocycles. The number of carboxylic acids is 1. The van der Waals surface area contributed by atoms with Crippen molar-refractivity contribution >= 4 is 15.8 Å². The summed E-state index contributed by atoms with van der Waals surface area (Å²) in [6.45, 7) is 3.39. The van der Waals surface area contributed by atoms with Crippen LogP contribution in [0.5, 0.6) is 0 Å². The lowest BCUT2D eigenvalue weighted by atomic mass is 10.3. The molecule has 0 aliphatic rings. The maximum atomic E-state index is 11.3. The first-order valence-electron chi connectivity index (χ1n) is 4.25. The molecule has 1 N–H and O–H groups in total. The second-order valence-electron chi connectivity index (χ2n) is 3.47. The normalized spacial score (nSPS) is 12.0. The predicted molar refractivity (Wildman–Crippen MR) is 52.7 cm³/mol. The monoisotopic (exact) mass is 232 g/mol. The maximum Gasteiger partial charge on any atom is 0.354 e. The van der Waals surface area contributed by atoms with Crippen molar-refractivity contribution in [2.75, 3.05) is 6.26 Å². The van der Waals surface area contributed by atoms with E-state index in [1.807, 2.05) is 0 Å². The standard InChI is InChI=1S/C8H12N2O4S/c1-5(2)10-6(7(11)12)4-9-8(10)15(3,13)14/h4-5H,1-3H3,(H,11,12). The molecule has 0 fully saturated rings. The Morgan fingerprint density at radius 3 is 2.40 bits per heavy atom. The summed E-state index contributed by atoms with van der Waals surface area (Å²) in [4.78, 5) is 14.4. The topological polar surface area (TPSA) is 89.3 Å². The third-order valence-corrected chi connectivity index (χ3v) is 2.80. The zero-order chi connectivity index (χ0) is 11.8. The summed E-state index contributed by atoms with van der Waals surface area (Å²) in [7, 11) is -3.50. The second kappa shape index (κ2) is 3.65. The van der Waals surface area contributed by atoms with Crippen molar-refractivity contribution in [1.29, 1.82) is 0 Å². The highest BCUT2D eigenvalue weighted by Crippen LogP contribution is 2.17. The molecule has 0 atom stereocenters. The van der Waals surface area contributed by atoms with Crippen LogP contribution in [0, 0.1) is 0 Å². The Hall–Kier alpha value is -1.37. The van der Waals surface area contributed by atoms with E-state index in [4.69, 9.17) is 5.11 Å². The highest BCUT2D eigenvalue weighted by Gasteiger charge is 2.23. The number of aromatic nitrogens is 2. The number of carboxylic acid groups (broad SMARTS) is 1. The summed E-state index contributed by atoms with van der Waals surface area (Å²) in [6.07, 6.45) is 2.05. The summed E-state index contributed by atoms with van der Waals surface area (Å²) in [5.74, 6) is -1.19. The van der Waals surface area contributed by atoms with Gasteiger partial charge in [-0.05, 0) is 13.8 Å². The number of rotatable bonds is 3. The van der Waals surface area contributed by atoms with Crippen LogP contribution >= 0.6 is 0 Å². The molecule has 15 heavy (non-hydrogen) atoms. The zero-order valence-electron chi connectivity index (χ0n) is 8.63. The maximum absolute atomic E-state index is 11.3. The van der Waals surface area contributed by atoms with Crippen molar-refractivity contribution in [3.63, 3.8) is 0 Å². The van der Waals surface area contributed by atoms with Gasteiger partial charge in [0.05, 0.1) is 6.20 Å². The molecule has 1 heterocycles. The smallest absolute Gasteiger partial charge is 0.354 e. The van der Waals surface area contributed by atoms with Gasteiger partial charge in [0.15, 0.2) is 0 Å². The van der Waals surface area contributed by atoms with E-state index >= 15 is 0 Å². The van der Waals surface area contributed by atoms with E-state index in [1.54, 1.807) is 13.8 Å². The SMILES string of the molecule is CC(C)n1c(C(=O)O)cnc1S(C)(=O)=O. The van der Waals surface area contributed by atoms with E-state index in [0.29, 0.717) is 0 Å². The number of nitrogens with zero attached hydrogens (tertiary/aromatic N) is 2. The quantitative estimate of drug-likeness (QED) is 0.822. The molecule has 7 heteroatoms. The Morgan fingerprint density at radius 1 is 1.53 bits per heavy atom. The van der Waals surface area contributed by atoms with Gasteiger partial charge in [-0.1, -0.05) is 0 Å². The van der Waals surface area contributed by atoms with Crippen molar-refractivity contribution in [2.24, 2.45) is 0 Å². The van der Waals surface area contributed by atoms with E-state index < -0.39 is 15.8 Å². The summed E-state index contributed by atoms with van der Waals surface area (Å²) >= 11 is 0. The molecule has 0 aliphatic carbocycles. The molecule has 0 saturated carbocycles. The van der Waals surface area contributed by atoms with E-state index in [1.165, 1.54) is 4.57 Å². The lowest BCUT2D eigenvalue weighted by Gasteiger charge is -2.12. The van der Waals surface area contributed by atoms with E-state index in [9.17, 15) is 13.2 Å². The van der Waals surface area contributed by atoms with Gasteiger partial charge in [0.1, 0.15) is 5.69 Å². The van der Waals surface area contributed by atoms with Crippen LogP contribution in [0.15, 0.2) is 11.4 Å². The average Bonchev–Trinajstić information content (AvgIpc) is 2.45. The second-order valence-corrected chi connectivity index (χ2v) is 5.38. The van der Waals surface area contributed by atoms with Gasteiger partial charge >= 0.3 is 5.97 Å². The Kier molecular flexibility index (Phi) is 2.85. The fraction of sp³-hybridized carbons (Fsp3) is 0.500. The van der Waals surface area contributed by atoms with Gasteiger partial charge in [-0.25, -0.2) is 18.2 Å². The zero-order valence-corrected chi connectivity index (χ0v) is 9.45. The molecule has 0 amide bonds. The fourth-order valence-electron chi connectivity index (χ4n) is 1.28. The first kappa shape index (κ1) is 11.7. The minimum atomic E-state index is -3.50. The molecule has 1 aromatic rings. The van der Waals surface area contributed by atoms with Gasteiger partial charge in [0.2, 0.25) is 15.0 Å². The van der Waals surface area contributed by atoms with Crippen LogP contribution in [-0.4, -0.2) is 35.3 Å². The molecule has 1 rings (SSSR count). The van der Waals surface area contributed by atoms with Crippen LogP contribution < -0.4 is 0 Å². The minimum Gasteiger partial charge on any atom is -0.477 e. The van der Waals surface area contributed by atoms with E-state index in [2.05, 4.69) is 4.98 Å². The van der Waals surface area contributed by atoms with Gasteiger partial charge in [-0.3, -0.25) is 0 Å². The van der Waals surface area contributed by atoms with Crippen molar-refractivity contribution < 1.29 is 18.3 Å². The first-order chi connectivity index (χ1) is 6.75. The summed E-state index contributed by atoms with van der Waals surface area (Å²) < 4.78 is 23.8. The van der Waals surface area contributed by atoms with Crippen LogP contribution in [-0.2, 0) is 9.84 Å². The number of hydrogen-bond acceptors (Lipinski definition) is 4. The lowest BCUT2D eigenvalue weighted by molar-refractivity contribution is 0.0682. The van der Waals surface area contributed by atoms with Crippen molar-refractivity contribution in [3.8, 4) is 0 Å². The minimum absolute atomic E-state index is 0.120. The molecule has 6 nitrogen and oxygen atoms in total. The number of aromatic carboxylic acids is 1. The Labute approximate surface area is 87.5 Å². The van der Waals surface area contributed by atoms with Crippen LogP contribution in [0.25, 0.3) is 0 Å². The molecule has 0 saturated heterocycles. The van der Waals surface area contributed by atoms with Crippen LogP contribution in [0.2, 0.25) is 0 Å². The molecular weight excluding hydrogens is 220 g/mol. The Bertz CT molecular complexity index is 487. The summed E-state index contributed by atoms with van der Waals surface area (Å²) in [5, 5.41) is 8.62. The van der Waals surface area contributed by atoms with E-state index in [0.717, 1.165) is 12.5 Å². The van der Waals surface area contributed by atoms with Gasteiger partial charge in [-0.2, -0.15) is 0 Å². The largest absolute Gasteiger partial charge is 0.477 e. The molecule has 0 radical (unpaired) electrons. The van der Waals surface area contributed by atoms with Crippen molar-refractivity contribution in [2.45, 2.75) is 25.0 Å². The third kappa shape index (κ3) is 2.17. The first-order valence-corrected chi connectivity index (χ1v) is 6.15. The number of sulfone groups is 1.